The average Bonchev–Trinajstić information content (AvgIpc) is 2.75. The van der Waals surface area contributed by atoms with E-state index in [1.165, 1.54) is 24.3 Å². The molecule has 0 aromatic heterocycles. The van der Waals surface area contributed by atoms with E-state index in [0.29, 0.717) is 12.0 Å². The summed E-state index contributed by atoms with van der Waals surface area (Å²) >= 11 is 0. The number of esters is 1. The Morgan fingerprint density at radius 1 is 0.879 bits per heavy atom. The van der Waals surface area contributed by atoms with Crippen LogP contribution in [0.25, 0.3) is 0 Å². The number of benzene rings is 3. The van der Waals surface area contributed by atoms with Crippen molar-refractivity contribution in [3.05, 3.63) is 96.1 Å². The predicted molar refractivity (Wildman–Crippen MR) is 127 cm³/mol. The standard InChI is InChI=1S/C26H29NO5S/c1-26(2,3)31-25(28)24(23(27)18-19-10-6-4-7-11-19)20-14-16-21(17-15-20)32-33(29,30)22-12-8-5-9-13-22/h4-17,23-24H,18,27H2,1-3H3. The van der Waals surface area contributed by atoms with Gasteiger partial charge in [-0.05, 0) is 62.6 Å². The van der Waals surface area contributed by atoms with Crippen molar-refractivity contribution in [2.45, 2.75) is 49.6 Å². The SMILES string of the molecule is CC(C)(C)OC(=O)C(c1ccc(OS(=O)(=O)c2ccccc2)cc1)C(N)Cc1ccccc1. The molecule has 2 atom stereocenters. The Bertz CT molecular complexity index is 1150. The Hall–Kier alpha value is -3.16. The van der Waals surface area contributed by atoms with Crippen molar-refractivity contribution in [2.75, 3.05) is 0 Å². The summed E-state index contributed by atoms with van der Waals surface area (Å²) in [4.78, 5) is 13.1. The van der Waals surface area contributed by atoms with Gasteiger partial charge in [0.1, 0.15) is 16.2 Å². The van der Waals surface area contributed by atoms with Gasteiger partial charge in [0.15, 0.2) is 0 Å². The molecule has 174 valence electrons. The first-order chi connectivity index (χ1) is 15.5. The van der Waals surface area contributed by atoms with Gasteiger partial charge in [-0.1, -0.05) is 60.7 Å². The third-order valence-electron chi connectivity index (χ3n) is 4.88. The van der Waals surface area contributed by atoms with E-state index in [9.17, 15) is 13.2 Å². The molecule has 2 N–H and O–H groups in total. The smallest absolute Gasteiger partial charge is 0.339 e. The van der Waals surface area contributed by atoms with Crippen molar-refractivity contribution < 1.29 is 22.1 Å². The van der Waals surface area contributed by atoms with Crippen LogP contribution in [0.1, 0.15) is 37.8 Å². The van der Waals surface area contributed by atoms with E-state index in [1.807, 2.05) is 30.3 Å². The summed E-state index contributed by atoms with van der Waals surface area (Å²) in [6.45, 7) is 5.40. The molecular weight excluding hydrogens is 438 g/mol. The van der Waals surface area contributed by atoms with Crippen LogP contribution >= 0.6 is 0 Å². The molecule has 0 heterocycles. The molecule has 0 aliphatic carbocycles. The van der Waals surface area contributed by atoms with Gasteiger partial charge in [0.25, 0.3) is 0 Å². The second kappa shape index (κ2) is 10.2. The molecule has 0 saturated carbocycles. The number of ether oxygens (including phenoxy) is 1. The number of nitrogens with two attached hydrogens (primary N) is 1. The summed E-state index contributed by atoms with van der Waals surface area (Å²) in [5.74, 6) is -1.03. The zero-order chi connectivity index (χ0) is 24.1. The highest BCUT2D eigenvalue weighted by atomic mass is 32.2. The lowest BCUT2D eigenvalue weighted by atomic mass is 9.88. The third kappa shape index (κ3) is 6.91. The number of carbonyl (C=O) groups excluding carboxylic acids is 1. The van der Waals surface area contributed by atoms with Crippen LogP contribution in [0.4, 0.5) is 0 Å². The highest BCUT2D eigenvalue weighted by Crippen LogP contribution is 2.28. The van der Waals surface area contributed by atoms with Crippen LogP contribution in [0.15, 0.2) is 89.8 Å². The van der Waals surface area contributed by atoms with E-state index in [1.54, 1.807) is 51.1 Å². The minimum Gasteiger partial charge on any atom is -0.459 e. The number of hydrogen-bond acceptors (Lipinski definition) is 6. The van der Waals surface area contributed by atoms with Crippen molar-refractivity contribution in [1.29, 1.82) is 0 Å². The summed E-state index contributed by atoms with van der Waals surface area (Å²) in [6.07, 6.45) is 0.478. The summed E-state index contributed by atoms with van der Waals surface area (Å²) in [6, 6.07) is 23.4. The molecule has 7 heteroatoms. The largest absolute Gasteiger partial charge is 0.459 e. The Morgan fingerprint density at radius 2 is 1.42 bits per heavy atom. The fraction of sp³-hybridized carbons (Fsp3) is 0.269. The Morgan fingerprint density at radius 3 is 1.97 bits per heavy atom. The van der Waals surface area contributed by atoms with E-state index in [4.69, 9.17) is 14.7 Å². The van der Waals surface area contributed by atoms with Crippen molar-refractivity contribution >= 4 is 16.1 Å². The van der Waals surface area contributed by atoms with Crippen molar-refractivity contribution in [3.8, 4) is 5.75 Å². The van der Waals surface area contributed by atoms with E-state index in [0.717, 1.165) is 5.56 Å². The molecule has 0 fully saturated rings. The molecule has 3 aromatic carbocycles. The molecule has 0 aliphatic heterocycles. The van der Waals surface area contributed by atoms with Gasteiger partial charge in [0, 0.05) is 6.04 Å². The van der Waals surface area contributed by atoms with E-state index in [2.05, 4.69) is 0 Å². The lowest BCUT2D eigenvalue weighted by Crippen LogP contribution is -2.39. The highest BCUT2D eigenvalue weighted by molar-refractivity contribution is 7.87. The van der Waals surface area contributed by atoms with Crippen LogP contribution in [0.5, 0.6) is 5.75 Å². The molecule has 33 heavy (non-hydrogen) atoms. The van der Waals surface area contributed by atoms with Crippen LogP contribution in [0.2, 0.25) is 0 Å². The molecule has 0 radical (unpaired) electrons. The second-order valence-corrected chi connectivity index (χ2v) is 10.3. The maximum absolute atomic E-state index is 13.1. The first-order valence-electron chi connectivity index (χ1n) is 10.7. The van der Waals surface area contributed by atoms with E-state index >= 15 is 0 Å². The monoisotopic (exact) mass is 467 g/mol. The molecule has 3 rings (SSSR count). The van der Waals surface area contributed by atoms with Gasteiger partial charge in [0.2, 0.25) is 0 Å². The van der Waals surface area contributed by atoms with E-state index in [-0.39, 0.29) is 10.6 Å². The molecule has 0 saturated heterocycles. The summed E-state index contributed by atoms with van der Waals surface area (Å²) in [5, 5.41) is 0. The van der Waals surface area contributed by atoms with Gasteiger partial charge in [-0.25, -0.2) is 0 Å². The number of rotatable bonds is 8. The lowest BCUT2D eigenvalue weighted by molar-refractivity contribution is -0.157. The average molecular weight is 468 g/mol. The predicted octanol–water partition coefficient (Wildman–Crippen LogP) is 4.45. The Balaban J connectivity index is 1.84. The van der Waals surface area contributed by atoms with Gasteiger partial charge in [-0.3, -0.25) is 4.79 Å². The number of hydrogen-bond donors (Lipinski definition) is 1. The zero-order valence-electron chi connectivity index (χ0n) is 19.0. The topological polar surface area (TPSA) is 95.7 Å². The quantitative estimate of drug-likeness (QED) is 0.388. The van der Waals surface area contributed by atoms with Gasteiger partial charge in [-0.15, -0.1) is 0 Å². The third-order valence-corrected chi connectivity index (χ3v) is 6.14. The molecule has 2 unspecified atom stereocenters. The van der Waals surface area contributed by atoms with Crippen molar-refractivity contribution in [2.24, 2.45) is 5.73 Å². The van der Waals surface area contributed by atoms with Crippen molar-refractivity contribution in [1.82, 2.24) is 0 Å². The van der Waals surface area contributed by atoms with Crippen molar-refractivity contribution in [3.63, 3.8) is 0 Å². The van der Waals surface area contributed by atoms with Crippen LogP contribution < -0.4 is 9.92 Å². The highest BCUT2D eigenvalue weighted by Gasteiger charge is 2.32. The van der Waals surface area contributed by atoms with Gasteiger partial charge in [0.05, 0.1) is 5.92 Å². The minimum absolute atomic E-state index is 0.0607. The fourth-order valence-corrected chi connectivity index (χ4v) is 4.37. The molecule has 6 nitrogen and oxygen atoms in total. The maximum Gasteiger partial charge on any atom is 0.339 e. The van der Waals surface area contributed by atoms with Gasteiger partial charge in [-0.2, -0.15) is 8.42 Å². The summed E-state index contributed by atoms with van der Waals surface area (Å²) in [5.41, 5.74) is 7.45. The first kappa shape index (κ1) is 24.5. The first-order valence-corrected chi connectivity index (χ1v) is 12.1. The minimum atomic E-state index is -3.96. The normalized spacial score (nSPS) is 13.7. The lowest BCUT2D eigenvalue weighted by Gasteiger charge is -2.28. The van der Waals surface area contributed by atoms with Gasteiger partial charge >= 0.3 is 16.1 Å². The molecule has 0 bridgehead atoms. The van der Waals surface area contributed by atoms with Gasteiger partial charge < -0.3 is 14.7 Å². The van der Waals surface area contributed by atoms with Crippen LogP contribution in [-0.2, 0) is 26.1 Å². The Labute approximate surface area is 195 Å². The zero-order valence-corrected chi connectivity index (χ0v) is 19.8. The molecular formula is C26H29NO5S. The summed E-state index contributed by atoms with van der Waals surface area (Å²) < 4.78 is 35.8. The summed E-state index contributed by atoms with van der Waals surface area (Å²) in [7, 11) is -3.96. The molecule has 3 aromatic rings. The maximum atomic E-state index is 13.1. The van der Waals surface area contributed by atoms with E-state index < -0.39 is 33.6 Å². The second-order valence-electron chi connectivity index (χ2n) is 8.78. The fourth-order valence-electron chi connectivity index (χ4n) is 3.42. The van der Waals surface area contributed by atoms with Crippen LogP contribution in [0, 0.1) is 0 Å². The molecule has 0 amide bonds. The molecule has 0 aliphatic rings. The van der Waals surface area contributed by atoms with Crippen LogP contribution in [0.3, 0.4) is 0 Å². The van der Waals surface area contributed by atoms with Crippen LogP contribution in [-0.4, -0.2) is 26.0 Å². The Kier molecular flexibility index (Phi) is 7.56. The number of carbonyl (C=O) groups is 1. The molecule has 0 spiro atoms.